The molecule has 1 aromatic heterocycles. The maximum absolute atomic E-state index is 12.0. The number of anilines is 1. The van der Waals surface area contributed by atoms with E-state index >= 15 is 0 Å². The van der Waals surface area contributed by atoms with Crippen LogP contribution in [0.2, 0.25) is 0 Å². The summed E-state index contributed by atoms with van der Waals surface area (Å²) in [5.41, 5.74) is 0.649. The van der Waals surface area contributed by atoms with Gasteiger partial charge in [0.25, 0.3) is 5.91 Å². The highest BCUT2D eigenvalue weighted by atomic mass is 16.1. The number of rotatable bonds is 8. The summed E-state index contributed by atoms with van der Waals surface area (Å²) < 4.78 is 0. The molecular formula is C15H26N4O. The fourth-order valence-corrected chi connectivity index (χ4v) is 1.70. The molecule has 5 nitrogen and oxygen atoms in total. The zero-order valence-corrected chi connectivity index (χ0v) is 12.9. The van der Waals surface area contributed by atoms with Gasteiger partial charge in [-0.15, -0.1) is 0 Å². The van der Waals surface area contributed by atoms with Gasteiger partial charge in [-0.1, -0.05) is 6.92 Å². The molecule has 0 saturated carbocycles. The number of aromatic nitrogens is 1. The number of nitrogens with one attached hydrogen (secondary N) is 2. The highest BCUT2D eigenvalue weighted by Gasteiger charge is 2.07. The first kappa shape index (κ1) is 16.4. The molecule has 0 aromatic carbocycles. The quantitative estimate of drug-likeness (QED) is 0.714. The lowest BCUT2D eigenvalue weighted by molar-refractivity contribution is 0.0952. The monoisotopic (exact) mass is 278 g/mol. The zero-order valence-electron chi connectivity index (χ0n) is 12.9. The maximum Gasteiger partial charge on any atom is 0.251 e. The van der Waals surface area contributed by atoms with Crippen LogP contribution in [-0.4, -0.2) is 49.0 Å². The Hall–Kier alpha value is -1.62. The van der Waals surface area contributed by atoms with E-state index in [9.17, 15) is 4.79 Å². The first-order valence-corrected chi connectivity index (χ1v) is 7.18. The summed E-state index contributed by atoms with van der Waals surface area (Å²) in [5.74, 6) is 0.707. The second-order valence-electron chi connectivity index (χ2n) is 5.30. The van der Waals surface area contributed by atoms with Gasteiger partial charge in [-0.25, -0.2) is 4.98 Å². The van der Waals surface area contributed by atoms with Crippen molar-refractivity contribution < 1.29 is 4.79 Å². The van der Waals surface area contributed by atoms with Crippen LogP contribution in [0.1, 0.15) is 37.0 Å². The Morgan fingerprint density at radius 1 is 1.45 bits per heavy atom. The van der Waals surface area contributed by atoms with E-state index in [4.69, 9.17) is 0 Å². The number of hydrogen-bond acceptors (Lipinski definition) is 4. The smallest absolute Gasteiger partial charge is 0.251 e. The minimum absolute atomic E-state index is 0.0432. The van der Waals surface area contributed by atoms with Crippen LogP contribution < -0.4 is 10.6 Å². The Kier molecular flexibility index (Phi) is 7.01. The third-order valence-corrected chi connectivity index (χ3v) is 3.10. The number of nitrogens with zero attached hydrogens (tertiary/aromatic N) is 2. The first-order valence-electron chi connectivity index (χ1n) is 7.18. The van der Waals surface area contributed by atoms with Crippen LogP contribution in [0.5, 0.6) is 0 Å². The van der Waals surface area contributed by atoms with Crippen molar-refractivity contribution in [3.8, 4) is 0 Å². The second-order valence-corrected chi connectivity index (χ2v) is 5.30. The highest BCUT2D eigenvalue weighted by molar-refractivity contribution is 5.94. The highest BCUT2D eigenvalue weighted by Crippen LogP contribution is 2.09. The van der Waals surface area contributed by atoms with Gasteiger partial charge in [0.1, 0.15) is 5.82 Å². The molecule has 0 saturated heterocycles. The summed E-state index contributed by atoms with van der Waals surface area (Å²) in [5, 5.41) is 6.20. The van der Waals surface area contributed by atoms with E-state index in [2.05, 4.69) is 34.4 Å². The molecule has 0 aliphatic carbocycles. The van der Waals surface area contributed by atoms with Crippen molar-refractivity contribution >= 4 is 11.7 Å². The fraction of sp³-hybridized carbons (Fsp3) is 0.600. The molecule has 5 heteroatoms. The summed E-state index contributed by atoms with van der Waals surface area (Å²) in [4.78, 5) is 18.4. The van der Waals surface area contributed by atoms with Gasteiger partial charge in [-0.05, 0) is 52.5 Å². The predicted octanol–water partition coefficient (Wildman–Crippen LogP) is 1.97. The topological polar surface area (TPSA) is 57.3 Å². The Morgan fingerprint density at radius 3 is 2.85 bits per heavy atom. The SMILES string of the molecule is CCC(C)Nc1cc(C(=O)NCCCN(C)C)ccn1. The molecule has 2 N–H and O–H groups in total. The average Bonchev–Trinajstić information content (AvgIpc) is 2.43. The van der Waals surface area contributed by atoms with E-state index in [1.165, 1.54) is 0 Å². The van der Waals surface area contributed by atoms with Crippen LogP contribution in [0.4, 0.5) is 5.82 Å². The number of hydrogen-bond donors (Lipinski definition) is 2. The molecule has 0 aliphatic heterocycles. The largest absolute Gasteiger partial charge is 0.368 e. The van der Waals surface area contributed by atoms with Crippen molar-refractivity contribution in [1.29, 1.82) is 0 Å². The molecule has 1 rings (SSSR count). The summed E-state index contributed by atoms with van der Waals surface area (Å²) in [7, 11) is 4.05. The van der Waals surface area contributed by atoms with Gasteiger partial charge < -0.3 is 15.5 Å². The van der Waals surface area contributed by atoms with Crippen molar-refractivity contribution in [1.82, 2.24) is 15.2 Å². The lowest BCUT2D eigenvalue weighted by atomic mass is 10.2. The molecule has 0 aliphatic rings. The number of amides is 1. The number of carbonyl (C=O) groups is 1. The third kappa shape index (κ3) is 6.02. The van der Waals surface area contributed by atoms with E-state index in [1.54, 1.807) is 18.3 Å². The molecule has 20 heavy (non-hydrogen) atoms. The summed E-state index contributed by atoms with van der Waals surface area (Å²) in [6, 6.07) is 3.89. The van der Waals surface area contributed by atoms with Crippen LogP contribution in [-0.2, 0) is 0 Å². The van der Waals surface area contributed by atoms with Gasteiger partial charge in [0.2, 0.25) is 0 Å². The molecule has 1 unspecified atom stereocenters. The predicted molar refractivity (Wildman–Crippen MR) is 83.1 cm³/mol. The summed E-state index contributed by atoms with van der Waals surface area (Å²) in [6.07, 6.45) is 3.63. The van der Waals surface area contributed by atoms with Crippen LogP contribution >= 0.6 is 0 Å². The molecule has 1 heterocycles. The molecular weight excluding hydrogens is 252 g/mol. The van der Waals surface area contributed by atoms with E-state index in [-0.39, 0.29) is 5.91 Å². The van der Waals surface area contributed by atoms with Gasteiger partial charge >= 0.3 is 0 Å². The van der Waals surface area contributed by atoms with Gasteiger partial charge in [0.05, 0.1) is 0 Å². The molecule has 1 atom stereocenters. The van der Waals surface area contributed by atoms with E-state index in [1.807, 2.05) is 14.1 Å². The van der Waals surface area contributed by atoms with Crippen LogP contribution in [0, 0.1) is 0 Å². The lowest BCUT2D eigenvalue weighted by Gasteiger charge is -2.13. The molecule has 1 amide bonds. The van der Waals surface area contributed by atoms with Crippen LogP contribution in [0.3, 0.4) is 0 Å². The molecule has 0 bridgehead atoms. The average molecular weight is 278 g/mol. The normalized spacial score (nSPS) is 12.2. The lowest BCUT2D eigenvalue weighted by Crippen LogP contribution is -2.27. The van der Waals surface area contributed by atoms with Crippen molar-refractivity contribution in [3.63, 3.8) is 0 Å². The molecule has 0 fully saturated rings. The molecule has 112 valence electrons. The van der Waals surface area contributed by atoms with E-state index < -0.39 is 0 Å². The summed E-state index contributed by atoms with van der Waals surface area (Å²) >= 11 is 0. The summed E-state index contributed by atoms with van der Waals surface area (Å²) in [6.45, 7) is 5.86. The molecule has 1 aromatic rings. The van der Waals surface area contributed by atoms with Crippen LogP contribution in [0.15, 0.2) is 18.3 Å². The van der Waals surface area contributed by atoms with Crippen molar-refractivity contribution in [2.45, 2.75) is 32.7 Å². The minimum atomic E-state index is -0.0432. The van der Waals surface area contributed by atoms with Gasteiger partial charge in [0.15, 0.2) is 0 Å². The maximum atomic E-state index is 12.0. The first-order chi connectivity index (χ1) is 9.52. The standard InChI is InChI=1S/C15H26N4O/c1-5-12(2)18-14-11-13(7-9-16-14)15(20)17-8-6-10-19(3)4/h7,9,11-12H,5-6,8,10H2,1-4H3,(H,16,18)(H,17,20). The van der Waals surface area contributed by atoms with Crippen molar-refractivity contribution in [3.05, 3.63) is 23.9 Å². The Morgan fingerprint density at radius 2 is 2.20 bits per heavy atom. The molecule has 0 spiro atoms. The van der Waals surface area contributed by atoms with E-state index in [0.717, 1.165) is 25.2 Å². The third-order valence-electron chi connectivity index (χ3n) is 3.10. The second kappa shape index (κ2) is 8.53. The Balaban J connectivity index is 2.49. The number of carbonyl (C=O) groups excluding carboxylic acids is 1. The van der Waals surface area contributed by atoms with Crippen LogP contribution in [0.25, 0.3) is 0 Å². The Labute approximate surface area is 121 Å². The molecule has 0 radical (unpaired) electrons. The zero-order chi connectivity index (χ0) is 15.0. The fourth-order valence-electron chi connectivity index (χ4n) is 1.70. The van der Waals surface area contributed by atoms with Gasteiger partial charge in [0, 0.05) is 24.3 Å². The van der Waals surface area contributed by atoms with Gasteiger partial charge in [-0.3, -0.25) is 4.79 Å². The van der Waals surface area contributed by atoms with E-state index in [0.29, 0.717) is 18.2 Å². The Bertz CT molecular complexity index is 420. The van der Waals surface area contributed by atoms with Crippen molar-refractivity contribution in [2.75, 3.05) is 32.5 Å². The van der Waals surface area contributed by atoms with Crippen molar-refractivity contribution in [2.24, 2.45) is 0 Å². The minimum Gasteiger partial charge on any atom is -0.368 e. The van der Waals surface area contributed by atoms with Gasteiger partial charge in [-0.2, -0.15) is 0 Å². The number of pyridine rings is 1.